The molecule has 0 radical (unpaired) electrons. The highest BCUT2D eigenvalue weighted by Gasteiger charge is 2.23. The monoisotopic (exact) mass is 412 g/mol. The molecule has 1 aliphatic heterocycles. The number of nitrogens with one attached hydrogen (secondary N) is 2. The first-order valence-corrected chi connectivity index (χ1v) is 9.57. The van der Waals surface area contributed by atoms with Crippen LogP contribution in [0.5, 0.6) is 0 Å². The highest BCUT2D eigenvalue weighted by molar-refractivity contribution is 6.01. The number of hydrogen-bond acceptors (Lipinski definition) is 7. The summed E-state index contributed by atoms with van der Waals surface area (Å²) in [5, 5.41) is 21.2. The quantitative estimate of drug-likeness (QED) is 0.372. The summed E-state index contributed by atoms with van der Waals surface area (Å²) in [6, 6.07) is 12.3. The van der Waals surface area contributed by atoms with Crippen molar-refractivity contribution in [3.05, 3.63) is 69.3 Å². The predicted molar refractivity (Wildman–Crippen MR) is 113 cm³/mol. The number of carbonyl (C=O) groups excluding carboxylic acids is 1. The minimum Gasteiger partial charge on any atom is -0.390 e. The van der Waals surface area contributed by atoms with Crippen LogP contribution in [0, 0.1) is 17.0 Å². The molecule has 2 aromatic carbocycles. The van der Waals surface area contributed by atoms with Gasteiger partial charge in [0.2, 0.25) is 0 Å². The Bertz CT molecular complexity index is 943. The van der Waals surface area contributed by atoms with Gasteiger partial charge in [0.05, 0.1) is 23.8 Å². The molecule has 1 aliphatic rings. The van der Waals surface area contributed by atoms with Crippen LogP contribution in [0.1, 0.15) is 27.9 Å². The van der Waals surface area contributed by atoms with E-state index in [1.165, 1.54) is 12.1 Å². The van der Waals surface area contributed by atoms with E-state index in [1.54, 1.807) is 13.2 Å². The molecule has 0 saturated heterocycles. The van der Waals surface area contributed by atoms with E-state index >= 15 is 0 Å². The number of oxime groups is 1. The maximum absolute atomic E-state index is 12.5. The van der Waals surface area contributed by atoms with Crippen LogP contribution in [-0.2, 0) is 9.57 Å². The molecule has 0 bridgehead atoms. The van der Waals surface area contributed by atoms with E-state index in [0.717, 1.165) is 16.8 Å². The minimum absolute atomic E-state index is 0.166. The van der Waals surface area contributed by atoms with Crippen molar-refractivity contribution in [2.24, 2.45) is 5.16 Å². The van der Waals surface area contributed by atoms with Crippen molar-refractivity contribution in [2.75, 3.05) is 32.1 Å². The average Bonchev–Trinajstić information content (AvgIpc) is 3.22. The maximum Gasteiger partial charge on any atom is 0.293 e. The van der Waals surface area contributed by atoms with Crippen molar-refractivity contribution in [3.63, 3.8) is 0 Å². The summed E-state index contributed by atoms with van der Waals surface area (Å²) in [5.41, 5.74) is 3.36. The van der Waals surface area contributed by atoms with E-state index in [2.05, 4.69) is 15.8 Å². The molecule has 9 heteroatoms. The molecule has 1 heterocycles. The first-order chi connectivity index (χ1) is 14.5. The van der Waals surface area contributed by atoms with Gasteiger partial charge in [0, 0.05) is 31.7 Å². The number of nitro benzene ring substituents is 1. The summed E-state index contributed by atoms with van der Waals surface area (Å²) in [5.74, 6) is -0.408. The second-order valence-electron chi connectivity index (χ2n) is 6.95. The van der Waals surface area contributed by atoms with Crippen molar-refractivity contribution in [1.29, 1.82) is 0 Å². The zero-order valence-electron chi connectivity index (χ0n) is 16.9. The fourth-order valence-corrected chi connectivity index (χ4v) is 3.02. The van der Waals surface area contributed by atoms with E-state index in [-0.39, 0.29) is 23.9 Å². The van der Waals surface area contributed by atoms with Gasteiger partial charge in [0.25, 0.3) is 11.6 Å². The van der Waals surface area contributed by atoms with Gasteiger partial charge in [-0.05, 0) is 24.6 Å². The Morgan fingerprint density at radius 2 is 2.07 bits per heavy atom. The molecule has 1 unspecified atom stereocenters. The molecule has 0 aliphatic carbocycles. The second-order valence-corrected chi connectivity index (χ2v) is 6.95. The smallest absolute Gasteiger partial charge is 0.293 e. The van der Waals surface area contributed by atoms with Gasteiger partial charge in [-0.15, -0.1) is 0 Å². The van der Waals surface area contributed by atoms with E-state index in [1.807, 2.05) is 31.2 Å². The highest BCUT2D eigenvalue weighted by atomic mass is 16.6. The van der Waals surface area contributed by atoms with E-state index in [9.17, 15) is 14.9 Å². The predicted octanol–water partition coefficient (Wildman–Crippen LogP) is 2.88. The lowest BCUT2D eigenvalue weighted by Crippen LogP contribution is -2.32. The molecule has 0 spiro atoms. The van der Waals surface area contributed by atoms with Gasteiger partial charge in [0.1, 0.15) is 11.8 Å². The third-order valence-electron chi connectivity index (χ3n) is 4.69. The van der Waals surface area contributed by atoms with Crippen LogP contribution in [-0.4, -0.2) is 49.5 Å². The van der Waals surface area contributed by atoms with Crippen LogP contribution in [0.25, 0.3) is 0 Å². The molecular weight excluding hydrogens is 388 g/mol. The van der Waals surface area contributed by atoms with Crippen LogP contribution in [0.4, 0.5) is 11.4 Å². The zero-order chi connectivity index (χ0) is 21.5. The fourth-order valence-electron chi connectivity index (χ4n) is 3.02. The van der Waals surface area contributed by atoms with Crippen LogP contribution in [0.2, 0.25) is 0 Å². The molecule has 0 saturated carbocycles. The minimum atomic E-state index is -0.520. The van der Waals surface area contributed by atoms with Crippen LogP contribution in [0.15, 0.2) is 47.6 Å². The molecule has 2 N–H and O–H groups in total. The Hall–Kier alpha value is -3.46. The lowest BCUT2D eigenvalue weighted by molar-refractivity contribution is -0.384. The molecule has 1 amide bonds. The zero-order valence-corrected chi connectivity index (χ0v) is 16.9. The Labute approximate surface area is 174 Å². The van der Waals surface area contributed by atoms with Gasteiger partial charge in [-0.1, -0.05) is 35.0 Å². The summed E-state index contributed by atoms with van der Waals surface area (Å²) >= 11 is 0. The molecule has 9 nitrogen and oxygen atoms in total. The maximum atomic E-state index is 12.5. The van der Waals surface area contributed by atoms with Gasteiger partial charge in [0.15, 0.2) is 0 Å². The third-order valence-corrected chi connectivity index (χ3v) is 4.69. The molecule has 3 rings (SSSR count). The molecular formula is C21H24N4O5. The normalized spacial score (nSPS) is 15.3. The molecule has 1 atom stereocenters. The SMILES string of the molecule is COCCNc1ccc(C(=O)NCC2CC(c3ccc(C)cc3)=NO2)cc1[N+](=O)[O-]. The molecule has 0 aromatic heterocycles. The number of ether oxygens (including phenoxy) is 1. The number of carbonyl (C=O) groups is 1. The number of rotatable bonds is 9. The molecule has 158 valence electrons. The molecule has 30 heavy (non-hydrogen) atoms. The Kier molecular flexibility index (Phi) is 6.97. The highest BCUT2D eigenvalue weighted by Crippen LogP contribution is 2.25. The lowest BCUT2D eigenvalue weighted by Gasteiger charge is -2.11. The number of aryl methyl sites for hydroxylation is 1. The number of anilines is 1. The van der Waals surface area contributed by atoms with Gasteiger partial charge in [-0.2, -0.15) is 0 Å². The standard InChI is InChI=1S/C21H24N4O5/c1-14-3-5-15(6-4-14)19-12-17(30-24-19)13-23-21(26)16-7-8-18(22-9-10-29-2)20(11-16)25(27)28/h3-8,11,17,22H,9-10,12-13H2,1-2H3,(H,23,26). The first-order valence-electron chi connectivity index (χ1n) is 9.57. The Morgan fingerprint density at radius 1 is 1.30 bits per heavy atom. The number of methoxy groups -OCH3 is 1. The summed E-state index contributed by atoms with van der Waals surface area (Å²) < 4.78 is 4.93. The van der Waals surface area contributed by atoms with Crippen LogP contribution in [0.3, 0.4) is 0 Å². The number of hydrogen-bond donors (Lipinski definition) is 2. The van der Waals surface area contributed by atoms with E-state index < -0.39 is 10.8 Å². The summed E-state index contributed by atoms with van der Waals surface area (Å²) in [6.07, 6.45) is 0.293. The second kappa shape index (κ2) is 9.84. The Morgan fingerprint density at radius 3 is 2.77 bits per heavy atom. The fraction of sp³-hybridized carbons (Fsp3) is 0.333. The van der Waals surface area contributed by atoms with Crippen molar-refractivity contribution in [2.45, 2.75) is 19.4 Å². The topological polar surface area (TPSA) is 115 Å². The van der Waals surface area contributed by atoms with Gasteiger partial charge >= 0.3 is 0 Å². The average molecular weight is 412 g/mol. The lowest BCUT2D eigenvalue weighted by atomic mass is 10.0. The first kappa shape index (κ1) is 21.3. The van der Waals surface area contributed by atoms with Crippen molar-refractivity contribution >= 4 is 23.0 Å². The van der Waals surface area contributed by atoms with Gasteiger partial charge in [-0.25, -0.2) is 0 Å². The Balaban J connectivity index is 1.56. The molecule has 2 aromatic rings. The number of nitrogens with zero attached hydrogens (tertiary/aromatic N) is 2. The summed E-state index contributed by atoms with van der Waals surface area (Å²) in [7, 11) is 1.55. The van der Waals surface area contributed by atoms with Gasteiger partial charge < -0.3 is 20.2 Å². The van der Waals surface area contributed by atoms with Crippen LogP contribution >= 0.6 is 0 Å². The van der Waals surface area contributed by atoms with Crippen molar-refractivity contribution < 1.29 is 19.3 Å². The number of amides is 1. The summed E-state index contributed by atoms with van der Waals surface area (Å²) in [6.45, 7) is 3.10. The van der Waals surface area contributed by atoms with Crippen LogP contribution < -0.4 is 10.6 Å². The molecule has 0 fully saturated rings. The van der Waals surface area contributed by atoms with Crippen molar-refractivity contribution in [3.8, 4) is 0 Å². The largest absolute Gasteiger partial charge is 0.390 e. The third kappa shape index (κ3) is 5.32. The van der Waals surface area contributed by atoms with Crippen molar-refractivity contribution in [1.82, 2.24) is 5.32 Å². The summed E-state index contributed by atoms with van der Waals surface area (Å²) in [4.78, 5) is 28.7. The number of benzene rings is 2. The van der Waals surface area contributed by atoms with E-state index in [4.69, 9.17) is 9.57 Å². The number of nitro groups is 1. The van der Waals surface area contributed by atoms with E-state index in [0.29, 0.717) is 25.3 Å². The van der Waals surface area contributed by atoms with Gasteiger partial charge in [-0.3, -0.25) is 14.9 Å².